The van der Waals surface area contributed by atoms with Gasteiger partial charge in [-0.15, -0.1) is 0 Å². The zero-order valence-corrected chi connectivity index (χ0v) is 20.6. The molecule has 1 heterocycles. The molecule has 0 bridgehead atoms. The van der Waals surface area contributed by atoms with Gasteiger partial charge in [-0.1, -0.05) is 24.3 Å². The van der Waals surface area contributed by atoms with Crippen LogP contribution >= 0.6 is 0 Å². The van der Waals surface area contributed by atoms with Gasteiger partial charge in [0.05, 0.1) is 16.0 Å². The van der Waals surface area contributed by atoms with Gasteiger partial charge in [0, 0.05) is 17.4 Å². The number of ether oxygens (including phenoxy) is 1. The number of nitrogens with one attached hydrogen (secondary N) is 2. The monoisotopic (exact) mass is 494 g/mol. The number of nitrogens with zero attached hydrogens (tertiary/aromatic N) is 2. The van der Waals surface area contributed by atoms with Crippen LogP contribution in [-0.4, -0.2) is 37.5 Å². The van der Waals surface area contributed by atoms with Gasteiger partial charge in [-0.2, -0.15) is 5.26 Å². The van der Waals surface area contributed by atoms with Crippen molar-refractivity contribution in [3.8, 4) is 11.8 Å². The molecule has 0 aliphatic rings. The van der Waals surface area contributed by atoms with E-state index < -0.39 is 28.5 Å². The maximum Gasteiger partial charge on any atom is 0.338 e. The molecule has 0 spiro atoms. The highest BCUT2D eigenvalue weighted by Gasteiger charge is 2.22. The smallest absolute Gasteiger partial charge is 0.338 e. The Bertz CT molecular complexity index is 1400. The van der Waals surface area contributed by atoms with Crippen molar-refractivity contribution in [3.05, 3.63) is 77.0 Å². The Hall–Kier alpha value is -3.94. The van der Waals surface area contributed by atoms with Gasteiger partial charge in [-0.3, -0.25) is 9.36 Å². The predicted molar refractivity (Wildman–Crippen MR) is 131 cm³/mol. The summed E-state index contributed by atoms with van der Waals surface area (Å²) in [4.78, 5) is 25.1. The fraction of sp³-hybridized carbons (Fsp3) is 0.240. The Morgan fingerprint density at radius 2 is 1.77 bits per heavy atom. The molecule has 0 fully saturated rings. The van der Waals surface area contributed by atoms with Crippen molar-refractivity contribution in [2.45, 2.75) is 38.6 Å². The van der Waals surface area contributed by atoms with Crippen LogP contribution in [0, 0.1) is 25.2 Å². The van der Waals surface area contributed by atoms with E-state index in [-0.39, 0.29) is 22.3 Å². The van der Waals surface area contributed by atoms with Crippen LogP contribution < -0.4 is 10.0 Å². The second-order valence-electron chi connectivity index (χ2n) is 8.14. The van der Waals surface area contributed by atoms with E-state index in [1.165, 1.54) is 24.3 Å². The number of nitriles is 1. The lowest BCUT2D eigenvalue weighted by Gasteiger charge is -2.13. The number of amides is 1. The van der Waals surface area contributed by atoms with E-state index in [0.29, 0.717) is 5.56 Å². The average molecular weight is 495 g/mol. The second-order valence-corrected chi connectivity index (χ2v) is 9.86. The average Bonchev–Trinajstić information content (AvgIpc) is 3.06. The molecule has 1 amide bonds. The molecule has 0 unspecified atom stereocenters. The van der Waals surface area contributed by atoms with E-state index in [2.05, 4.69) is 16.1 Å². The second kappa shape index (κ2) is 10.5. The fourth-order valence-electron chi connectivity index (χ4n) is 3.51. The lowest BCUT2D eigenvalue weighted by atomic mass is 10.2. The highest BCUT2D eigenvalue weighted by molar-refractivity contribution is 7.89. The third-order valence-electron chi connectivity index (χ3n) is 5.20. The summed E-state index contributed by atoms with van der Waals surface area (Å²) in [6, 6.07) is 16.4. The molecule has 9 nitrogen and oxygen atoms in total. The SMILES string of the molecule is Cc1c(C#N)c(NC(=O)COC(=O)c2cccc(S(=O)(=O)NC(C)C)c2)n(-c2ccccc2)c1C. The van der Waals surface area contributed by atoms with Gasteiger partial charge in [0.1, 0.15) is 11.9 Å². The van der Waals surface area contributed by atoms with Crippen LogP contribution in [0.15, 0.2) is 59.5 Å². The van der Waals surface area contributed by atoms with E-state index in [0.717, 1.165) is 16.9 Å². The highest BCUT2D eigenvalue weighted by Crippen LogP contribution is 2.29. The quantitative estimate of drug-likeness (QED) is 0.461. The molecule has 0 saturated carbocycles. The van der Waals surface area contributed by atoms with Crippen LogP contribution in [0.2, 0.25) is 0 Å². The van der Waals surface area contributed by atoms with Crippen molar-refractivity contribution in [2.24, 2.45) is 0 Å². The highest BCUT2D eigenvalue weighted by atomic mass is 32.2. The lowest BCUT2D eigenvalue weighted by Crippen LogP contribution is -2.30. The van der Waals surface area contributed by atoms with E-state index >= 15 is 0 Å². The van der Waals surface area contributed by atoms with Gasteiger partial charge in [-0.05, 0) is 63.6 Å². The van der Waals surface area contributed by atoms with Crippen LogP contribution in [-0.2, 0) is 19.6 Å². The predicted octanol–water partition coefficient (Wildman–Crippen LogP) is 3.45. The number of benzene rings is 2. The number of anilines is 1. The molecule has 3 aromatic rings. The number of sulfonamides is 1. The normalized spacial score (nSPS) is 11.2. The topological polar surface area (TPSA) is 130 Å². The lowest BCUT2D eigenvalue weighted by molar-refractivity contribution is -0.119. The van der Waals surface area contributed by atoms with Crippen molar-refractivity contribution >= 4 is 27.7 Å². The third kappa shape index (κ3) is 5.77. The Kier molecular flexibility index (Phi) is 7.74. The van der Waals surface area contributed by atoms with Crippen molar-refractivity contribution in [1.82, 2.24) is 9.29 Å². The molecule has 3 rings (SSSR count). The maximum atomic E-state index is 12.7. The van der Waals surface area contributed by atoms with Crippen molar-refractivity contribution in [1.29, 1.82) is 5.26 Å². The first-order chi connectivity index (χ1) is 16.5. The number of hydrogen-bond donors (Lipinski definition) is 2. The summed E-state index contributed by atoms with van der Waals surface area (Å²) in [7, 11) is -3.80. The van der Waals surface area contributed by atoms with Crippen LogP contribution in [0.25, 0.3) is 5.69 Å². The molecule has 35 heavy (non-hydrogen) atoms. The summed E-state index contributed by atoms with van der Waals surface area (Å²) in [6.45, 7) is 6.38. The molecular formula is C25H26N4O5S. The molecule has 1 aromatic heterocycles. The van der Waals surface area contributed by atoms with Gasteiger partial charge in [-0.25, -0.2) is 17.9 Å². The zero-order valence-electron chi connectivity index (χ0n) is 19.8. The van der Waals surface area contributed by atoms with Crippen molar-refractivity contribution < 1.29 is 22.7 Å². The van der Waals surface area contributed by atoms with E-state index in [9.17, 15) is 23.3 Å². The Labute approximate surface area is 204 Å². The summed E-state index contributed by atoms with van der Waals surface area (Å²) in [5.74, 6) is -1.22. The molecule has 0 atom stereocenters. The minimum atomic E-state index is -3.80. The number of esters is 1. The molecule has 2 N–H and O–H groups in total. The number of carbonyl (C=O) groups excluding carboxylic acids is 2. The van der Waals surface area contributed by atoms with Gasteiger partial charge in [0.2, 0.25) is 10.0 Å². The minimum Gasteiger partial charge on any atom is -0.452 e. The van der Waals surface area contributed by atoms with Gasteiger partial charge in [0.25, 0.3) is 5.91 Å². The molecule has 182 valence electrons. The Morgan fingerprint density at radius 1 is 1.09 bits per heavy atom. The minimum absolute atomic E-state index is 0.0125. The first-order valence-corrected chi connectivity index (χ1v) is 12.3. The van der Waals surface area contributed by atoms with Gasteiger partial charge in [0.15, 0.2) is 6.61 Å². The fourth-order valence-corrected chi connectivity index (χ4v) is 4.81. The third-order valence-corrected chi connectivity index (χ3v) is 6.86. The first kappa shape index (κ1) is 25.7. The van der Waals surface area contributed by atoms with Gasteiger partial charge < -0.3 is 10.1 Å². The number of aromatic nitrogens is 1. The molecule has 2 aromatic carbocycles. The molecular weight excluding hydrogens is 468 g/mol. The molecule has 10 heteroatoms. The standard InChI is InChI=1S/C25H26N4O5S/c1-16(2)28-35(32,33)21-12-8-9-19(13-21)25(31)34-15-23(30)27-24-22(14-26)17(3)18(4)29(24)20-10-6-5-7-11-20/h5-13,16,28H,15H2,1-4H3,(H,27,30). The summed E-state index contributed by atoms with van der Waals surface area (Å²) in [5, 5.41) is 12.3. The maximum absolute atomic E-state index is 12.7. The molecule has 0 radical (unpaired) electrons. The van der Waals surface area contributed by atoms with Crippen molar-refractivity contribution in [2.75, 3.05) is 11.9 Å². The zero-order chi connectivity index (χ0) is 25.8. The van der Waals surface area contributed by atoms with Crippen molar-refractivity contribution in [3.63, 3.8) is 0 Å². The van der Waals surface area contributed by atoms with Crippen LogP contribution in [0.1, 0.15) is 41.0 Å². The van der Waals surface area contributed by atoms with Crippen LogP contribution in [0.3, 0.4) is 0 Å². The molecule has 0 saturated heterocycles. The summed E-state index contributed by atoms with van der Waals surface area (Å²) >= 11 is 0. The van der Waals surface area contributed by atoms with E-state index in [4.69, 9.17) is 4.74 Å². The number of carbonyl (C=O) groups is 2. The Balaban J connectivity index is 1.77. The summed E-state index contributed by atoms with van der Waals surface area (Å²) in [5.41, 5.74) is 2.56. The molecule has 0 aliphatic carbocycles. The summed E-state index contributed by atoms with van der Waals surface area (Å²) in [6.07, 6.45) is 0. The number of rotatable bonds is 8. The first-order valence-electron chi connectivity index (χ1n) is 10.8. The van der Waals surface area contributed by atoms with E-state index in [1.54, 1.807) is 25.3 Å². The molecule has 0 aliphatic heterocycles. The Morgan fingerprint density at radius 3 is 2.40 bits per heavy atom. The van der Waals surface area contributed by atoms with Gasteiger partial charge >= 0.3 is 5.97 Å². The largest absolute Gasteiger partial charge is 0.452 e. The van der Waals surface area contributed by atoms with E-state index in [1.807, 2.05) is 37.3 Å². The van der Waals surface area contributed by atoms with Crippen LogP contribution in [0.5, 0.6) is 0 Å². The van der Waals surface area contributed by atoms with Crippen LogP contribution in [0.4, 0.5) is 5.82 Å². The summed E-state index contributed by atoms with van der Waals surface area (Å²) < 4.78 is 34.0. The number of hydrogen-bond acceptors (Lipinski definition) is 6. The number of para-hydroxylation sites is 1.